The molecule has 0 aliphatic heterocycles. The van der Waals surface area contributed by atoms with Crippen molar-refractivity contribution < 1.29 is 4.39 Å². The van der Waals surface area contributed by atoms with Crippen LogP contribution in [0.3, 0.4) is 0 Å². The summed E-state index contributed by atoms with van der Waals surface area (Å²) in [5.74, 6) is 4.84. The Morgan fingerprint density at radius 3 is 2.58 bits per heavy atom. The zero-order chi connectivity index (χ0) is 8.81. The molecule has 3 N–H and O–H groups in total. The fourth-order valence-corrected chi connectivity index (χ4v) is 0.837. The average molecular weight is 166 g/mol. The van der Waals surface area contributed by atoms with Gasteiger partial charge in [-0.2, -0.15) is 0 Å². The Labute approximate surface area is 70.9 Å². The number of halogens is 1. The van der Waals surface area contributed by atoms with Gasteiger partial charge in [-0.15, -0.1) is 0 Å². The van der Waals surface area contributed by atoms with Crippen molar-refractivity contribution in [2.75, 3.05) is 6.54 Å². The van der Waals surface area contributed by atoms with Crippen molar-refractivity contribution in [1.82, 2.24) is 5.43 Å². The van der Waals surface area contributed by atoms with Crippen molar-refractivity contribution in [1.29, 1.82) is 0 Å². The van der Waals surface area contributed by atoms with Crippen LogP contribution in [0.25, 0.3) is 6.08 Å². The maximum absolute atomic E-state index is 12.4. The monoisotopic (exact) mass is 166 g/mol. The van der Waals surface area contributed by atoms with E-state index in [1.807, 2.05) is 12.2 Å². The van der Waals surface area contributed by atoms with Gasteiger partial charge in [0.05, 0.1) is 0 Å². The van der Waals surface area contributed by atoms with E-state index in [-0.39, 0.29) is 5.82 Å². The van der Waals surface area contributed by atoms with Gasteiger partial charge in [0.25, 0.3) is 0 Å². The van der Waals surface area contributed by atoms with Crippen LogP contribution in [-0.4, -0.2) is 6.54 Å². The number of nitrogens with one attached hydrogen (secondary N) is 1. The Kier molecular flexibility index (Phi) is 3.44. The average Bonchev–Trinajstić information content (AvgIpc) is 2.09. The van der Waals surface area contributed by atoms with Gasteiger partial charge in [0.1, 0.15) is 5.82 Å². The van der Waals surface area contributed by atoms with Gasteiger partial charge in [-0.05, 0) is 17.7 Å². The maximum Gasteiger partial charge on any atom is 0.123 e. The van der Waals surface area contributed by atoms with E-state index in [1.165, 1.54) is 12.1 Å². The molecule has 1 aromatic rings. The lowest BCUT2D eigenvalue weighted by molar-refractivity contribution is 0.628. The molecule has 1 rings (SSSR count). The lowest BCUT2D eigenvalue weighted by atomic mass is 10.2. The standard InChI is InChI=1S/C9H11FN2/c10-9-5-3-8(4-6-9)2-1-7-12-11/h1-6,12H,7,11H2/b2-1+. The van der Waals surface area contributed by atoms with E-state index in [4.69, 9.17) is 5.84 Å². The van der Waals surface area contributed by atoms with Crippen LogP contribution < -0.4 is 11.3 Å². The van der Waals surface area contributed by atoms with Crippen LogP contribution in [0.2, 0.25) is 0 Å². The Morgan fingerprint density at radius 1 is 1.33 bits per heavy atom. The highest BCUT2D eigenvalue weighted by atomic mass is 19.1. The van der Waals surface area contributed by atoms with Gasteiger partial charge in [-0.3, -0.25) is 11.3 Å². The zero-order valence-electron chi connectivity index (χ0n) is 6.63. The van der Waals surface area contributed by atoms with Crippen LogP contribution in [0, 0.1) is 5.82 Å². The third-order valence-electron chi connectivity index (χ3n) is 1.42. The van der Waals surface area contributed by atoms with Crippen LogP contribution in [0.4, 0.5) is 4.39 Å². The minimum atomic E-state index is -0.218. The number of rotatable bonds is 3. The third kappa shape index (κ3) is 2.82. The van der Waals surface area contributed by atoms with Crippen LogP contribution in [-0.2, 0) is 0 Å². The number of hydrogen-bond acceptors (Lipinski definition) is 2. The Bertz CT molecular complexity index is 254. The van der Waals surface area contributed by atoms with Gasteiger partial charge < -0.3 is 0 Å². The molecule has 0 saturated carbocycles. The Morgan fingerprint density at radius 2 is 2.00 bits per heavy atom. The van der Waals surface area contributed by atoms with Crippen molar-refractivity contribution in [2.24, 2.45) is 5.84 Å². The van der Waals surface area contributed by atoms with Crippen molar-refractivity contribution in [3.63, 3.8) is 0 Å². The van der Waals surface area contributed by atoms with Crippen LogP contribution >= 0.6 is 0 Å². The van der Waals surface area contributed by atoms with Crippen molar-refractivity contribution in [3.8, 4) is 0 Å². The highest BCUT2D eigenvalue weighted by Gasteiger charge is 1.87. The van der Waals surface area contributed by atoms with E-state index >= 15 is 0 Å². The molecule has 3 heteroatoms. The summed E-state index contributed by atoms with van der Waals surface area (Å²) in [5, 5.41) is 0. The molecule has 0 aliphatic carbocycles. The van der Waals surface area contributed by atoms with E-state index in [2.05, 4.69) is 5.43 Å². The highest BCUT2D eigenvalue weighted by Crippen LogP contribution is 2.03. The lowest BCUT2D eigenvalue weighted by Crippen LogP contribution is -2.21. The van der Waals surface area contributed by atoms with E-state index in [1.54, 1.807) is 12.1 Å². The number of hydrazine groups is 1. The SMILES string of the molecule is NNC/C=C/c1ccc(F)cc1. The number of benzene rings is 1. The number of nitrogens with two attached hydrogens (primary N) is 1. The first kappa shape index (κ1) is 8.90. The minimum Gasteiger partial charge on any atom is -0.271 e. The predicted octanol–water partition coefficient (Wildman–Crippen LogP) is 1.30. The summed E-state index contributed by atoms with van der Waals surface area (Å²) in [5.41, 5.74) is 3.45. The van der Waals surface area contributed by atoms with E-state index in [0.717, 1.165) is 5.56 Å². The third-order valence-corrected chi connectivity index (χ3v) is 1.42. The quantitative estimate of drug-likeness (QED) is 0.524. The maximum atomic E-state index is 12.4. The zero-order valence-corrected chi connectivity index (χ0v) is 6.63. The summed E-state index contributed by atoms with van der Waals surface area (Å²) in [6.45, 7) is 0.609. The molecule has 0 atom stereocenters. The molecule has 0 radical (unpaired) electrons. The second kappa shape index (κ2) is 4.64. The molecule has 0 saturated heterocycles. The minimum absolute atomic E-state index is 0.218. The van der Waals surface area contributed by atoms with Gasteiger partial charge in [-0.1, -0.05) is 24.3 Å². The second-order valence-corrected chi connectivity index (χ2v) is 2.36. The van der Waals surface area contributed by atoms with Crippen molar-refractivity contribution >= 4 is 6.08 Å². The molecule has 0 fully saturated rings. The van der Waals surface area contributed by atoms with Gasteiger partial charge in [0, 0.05) is 6.54 Å². The Hall–Kier alpha value is -1.19. The van der Waals surface area contributed by atoms with Crippen molar-refractivity contribution in [2.45, 2.75) is 0 Å². The normalized spacial score (nSPS) is 10.8. The van der Waals surface area contributed by atoms with Gasteiger partial charge >= 0.3 is 0 Å². The van der Waals surface area contributed by atoms with Gasteiger partial charge in [0.2, 0.25) is 0 Å². The fraction of sp³-hybridized carbons (Fsp3) is 0.111. The molecule has 12 heavy (non-hydrogen) atoms. The summed E-state index contributed by atoms with van der Waals surface area (Å²) >= 11 is 0. The topological polar surface area (TPSA) is 38.0 Å². The van der Waals surface area contributed by atoms with Gasteiger partial charge in [0.15, 0.2) is 0 Å². The predicted molar refractivity (Wildman–Crippen MR) is 47.6 cm³/mol. The summed E-state index contributed by atoms with van der Waals surface area (Å²) in [6.07, 6.45) is 3.74. The molecule has 0 amide bonds. The summed E-state index contributed by atoms with van der Waals surface area (Å²) in [7, 11) is 0. The molecule has 0 heterocycles. The second-order valence-electron chi connectivity index (χ2n) is 2.36. The number of hydrogen-bond donors (Lipinski definition) is 2. The highest BCUT2D eigenvalue weighted by molar-refractivity contribution is 5.48. The summed E-state index contributed by atoms with van der Waals surface area (Å²) in [6, 6.07) is 6.27. The first-order valence-corrected chi connectivity index (χ1v) is 3.68. The lowest BCUT2D eigenvalue weighted by Gasteiger charge is -1.92. The smallest absolute Gasteiger partial charge is 0.123 e. The molecule has 0 unspecified atom stereocenters. The molecule has 2 nitrogen and oxygen atoms in total. The van der Waals surface area contributed by atoms with E-state index < -0.39 is 0 Å². The molecule has 0 spiro atoms. The van der Waals surface area contributed by atoms with Crippen molar-refractivity contribution in [3.05, 3.63) is 41.7 Å². The molecule has 0 aromatic heterocycles. The van der Waals surface area contributed by atoms with Gasteiger partial charge in [-0.25, -0.2) is 4.39 Å². The molecule has 64 valence electrons. The fourth-order valence-electron chi connectivity index (χ4n) is 0.837. The van der Waals surface area contributed by atoms with Crippen LogP contribution in [0.15, 0.2) is 30.3 Å². The Balaban J connectivity index is 2.58. The summed E-state index contributed by atoms with van der Waals surface area (Å²) < 4.78 is 12.4. The largest absolute Gasteiger partial charge is 0.271 e. The molecule has 1 aromatic carbocycles. The first-order chi connectivity index (χ1) is 5.83. The molecule has 0 aliphatic rings. The van der Waals surface area contributed by atoms with E-state index in [9.17, 15) is 4.39 Å². The van der Waals surface area contributed by atoms with Crippen LogP contribution in [0.1, 0.15) is 5.56 Å². The van der Waals surface area contributed by atoms with E-state index in [0.29, 0.717) is 6.54 Å². The molecular weight excluding hydrogens is 155 g/mol. The molecular formula is C9H11FN2. The first-order valence-electron chi connectivity index (χ1n) is 3.68. The summed E-state index contributed by atoms with van der Waals surface area (Å²) in [4.78, 5) is 0. The van der Waals surface area contributed by atoms with Crippen LogP contribution in [0.5, 0.6) is 0 Å². The molecule has 0 bridgehead atoms.